The summed E-state index contributed by atoms with van der Waals surface area (Å²) in [5, 5.41) is 12.3. The Labute approximate surface area is 180 Å². The van der Waals surface area contributed by atoms with Gasteiger partial charge in [-0.3, -0.25) is 0 Å². The molecule has 0 saturated carbocycles. The highest BCUT2D eigenvalue weighted by atomic mass is 32.2. The zero-order chi connectivity index (χ0) is 21.4. The fourth-order valence-corrected chi connectivity index (χ4v) is 5.54. The van der Waals surface area contributed by atoms with Crippen LogP contribution in [0.4, 0.5) is 0 Å². The lowest BCUT2D eigenvalue weighted by atomic mass is 10.0. The predicted octanol–water partition coefficient (Wildman–Crippen LogP) is 5.49. The molecule has 0 N–H and O–H groups in total. The number of aromatic nitrogens is 1. The van der Waals surface area contributed by atoms with Crippen LogP contribution in [-0.4, -0.2) is 12.4 Å². The van der Waals surface area contributed by atoms with E-state index in [0.29, 0.717) is 23.2 Å². The Bertz CT molecular complexity index is 1580. The number of hydrogen-bond acceptors (Lipinski definition) is 3. The van der Waals surface area contributed by atoms with Crippen molar-refractivity contribution in [3.05, 3.63) is 114 Å². The fraction of sp³-hybridized carbons (Fsp3) is 0.0385. The van der Waals surface area contributed by atoms with E-state index >= 15 is 0 Å². The standard InChI is InChI=1S/C26H18N2O2S/c27-18-20-11-13-26-23(15-20)17-24(28(26)31(29,30)25-8-2-1-3-9-25)16-19-10-12-21-6-4-5-7-22(21)14-19/h1-15,17H,16H2. The van der Waals surface area contributed by atoms with Crippen LogP contribution in [0.15, 0.2) is 102 Å². The first-order valence-corrected chi connectivity index (χ1v) is 11.3. The summed E-state index contributed by atoms with van der Waals surface area (Å²) in [7, 11) is -3.80. The molecule has 0 aliphatic rings. The second-order valence-electron chi connectivity index (χ2n) is 7.46. The molecular weight excluding hydrogens is 404 g/mol. The molecule has 1 heterocycles. The van der Waals surface area contributed by atoms with Crippen molar-refractivity contribution in [1.82, 2.24) is 3.97 Å². The zero-order valence-electron chi connectivity index (χ0n) is 16.6. The monoisotopic (exact) mass is 422 g/mol. The van der Waals surface area contributed by atoms with Crippen LogP contribution in [0, 0.1) is 11.3 Å². The Hall–Kier alpha value is -3.88. The number of fused-ring (bicyclic) bond motifs is 2. The fourth-order valence-electron chi connectivity index (χ4n) is 3.98. The summed E-state index contributed by atoms with van der Waals surface area (Å²) < 4.78 is 28.6. The molecular formula is C26H18N2O2S. The van der Waals surface area contributed by atoms with Gasteiger partial charge >= 0.3 is 0 Å². The van der Waals surface area contributed by atoms with E-state index in [1.165, 1.54) is 3.97 Å². The van der Waals surface area contributed by atoms with Crippen LogP contribution in [0.1, 0.15) is 16.8 Å². The van der Waals surface area contributed by atoms with Gasteiger partial charge in [-0.2, -0.15) is 5.26 Å². The second kappa shape index (κ2) is 7.42. The van der Waals surface area contributed by atoms with Gasteiger partial charge in [0.15, 0.2) is 0 Å². The Morgan fingerprint density at radius 3 is 2.26 bits per heavy atom. The van der Waals surface area contributed by atoms with E-state index in [1.54, 1.807) is 48.5 Å². The van der Waals surface area contributed by atoms with E-state index in [-0.39, 0.29) is 4.90 Å². The van der Waals surface area contributed by atoms with Crippen molar-refractivity contribution >= 4 is 31.7 Å². The van der Waals surface area contributed by atoms with Gasteiger partial charge in [0.2, 0.25) is 0 Å². The minimum absolute atomic E-state index is 0.233. The summed E-state index contributed by atoms with van der Waals surface area (Å²) in [5.74, 6) is 0. The number of benzene rings is 4. The molecule has 31 heavy (non-hydrogen) atoms. The molecule has 0 aliphatic heterocycles. The summed E-state index contributed by atoms with van der Waals surface area (Å²) in [6.07, 6.45) is 0.452. The van der Waals surface area contributed by atoms with Crippen LogP contribution in [0.3, 0.4) is 0 Å². The van der Waals surface area contributed by atoms with Crippen LogP contribution in [0.2, 0.25) is 0 Å². The largest absolute Gasteiger partial charge is 0.268 e. The summed E-state index contributed by atoms with van der Waals surface area (Å²) in [5.41, 5.74) is 2.74. The lowest BCUT2D eigenvalue weighted by Gasteiger charge is -2.12. The summed E-state index contributed by atoms with van der Waals surface area (Å²) in [6.45, 7) is 0. The molecule has 0 radical (unpaired) electrons. The Morgan fingerprint density at radius 2 is 1.48 bits per heavy atom. The molecule has 1 aromatic heterocycles. The summed E-state index contributed by atoms with van der Waals surface area (Å²) in [4.78, 5) is 0.233. The first-order chi connectivity index (χ1) is 15.1. The van der Waals surface area contributed by atoms with Crippen LogP contribution in [-0.2, 0) is 16.4 Å². The van der Waals surface area contributed by atoms with Crippen LogP contribution in [0.5, 0.6) is 0 Å². The highest BCUT2D eigenvalue weighted by molar-refractivity contribution is 7.90. The van der Waals surface area contributed by atoms with Gasteiger partial charge in [-0.05, 0) is 52.7 Å². The lowest BCUT2D eigenvalue weighted by molar-refractivity contribution is 0.587. The lowest BCUT2D eigenvalue weighted by Crippen LogP contribution is -2.16. The first kappa shape index (κ1) is 19.1. The van der Waals surface area contributed by atoms with E-state index < -0.39 is 10.0 Å². The first-order valence-electron chi connectivity index (χ1n) is 9.89. The highest BCUT2D eigenvalue weighted by Crippen LogP contribution is 2.29. The van der Waals surface area contributed by atoms with Crippen molar-refractivity contribution in [2.24, 2.45) is 0 Å². The van der Waals surface area contributed by atoms with Gasteiger partial charge in [-0.15, -0.1) is 0 Å². The zero-order valence-corrected chi connectivity index (χ0v) is 17.4. The molecule has 0 unspecified atom stereocenters. The maximum atomic E-state index is 13.6. The van der Waals surface area contributed by atoms with Gasteiger partial charge in [0.1, 0.15) is 0 Å². The Morgan fingerprint density at radius 1 is 0.742 bits per heavy atom. The average Bonchev–Trinajstić information content (AvgIpc) is 3.17. The van der Waals surface area contributed by atoms with Crippen LogP contribution in [0.25, 0.3) is 21.7 Å². The van der Waals surface area contributed by atoms with E-state index in [2.05, 4.69) is 24.3 Å². The average molecular weight is 423 g/mol. The van der Waals surface area contributed by atoms with Crippen molar-refractivity contribution in [1.29, 1.82) is 5.26 Å². The number of nitrogens with zero attached hydrogens (tertiary/aromatic N) is 2. The molecule has 0 amide bonds. The van der Waals surface area contributed by atoms with Gasteiger partial charge in [0, 0.05) is 17.5 Å². The molecule has 0 bridgehead atoms. The molecule has 0 fully saturated rings. The molecule has 0 spiro atoms. The van der Waals surface area contributed by atoms with E-state index in [1.807, 2.05) is 30.3 Å². The van der Waals surface area contributed by atoms with Crippen molar-refractivity contribution in [2.75, 3.05) is 0 Å². The van der Waals surface area contributed by atoms with Gasteiger partial charge < -0.3 is 0 Å². The molecule has 150 valence electrons. The molecule has 5 heteroatoms. The molecule has 4 aromatic carbocycles. The van der Waals surface area contributed by atoms with Crippen molar-refractivity contribution < 1.29 is 8.42 Å². The smallest absolute Gasteiger partial charge is 0.238 e. The Balaban J connectivity index is 1.71. The molecule has 5 aromatic rings. The summed E-state index contributed by atoms with van der Waals surface area (Å²) >= 11 is 0. The van der Waals surface area contributed by atoms with E-state index in [4.69, 9.17) is 0 Å². The third-order valence-electron chi connectivity index (χ3n) is 5.44. The van der Waals surface area contributed by atoms with E-state index in [9.17, 15) is 13.7 Å². The summed E-state index contributed by atoms with van der Waals surface area (Å²) in [6, 6.07) is 31.8. The molecule has 4 nitrogen and oxygen atoms in total. The third kappa shape index (κ3) is 3.37. The molecule has 5 rings (SSSR count). The SMILES string of the molecule is N#Cc1ccc2c(c1)cc(Cc1ccc3ccccc3c1)n2S(=O)(=O)c1ccccc1. The van der Waals surface area contributed by atoms with Gasteiger partial charge in [-0.1, -0.05) is 60.7 Å². The van der Waals surface area contributed by atoms with Crippen molar-refractivity contribution in [3.8, 4) is 6.07 Å². The minimum atomic E-state index is -3.80. The molecule has 0 atom stereocenters. The maximum Gasteiger partial charge on any atom is 0.268 e. The maximum absolute atomic E-state index is 13.6. The quantitative estimate of drug-likeness (QED) is 0.384. The number of rotatable bonds is 4. The van der Waals surface area contributed by atoms with Gasteiger partial charge in [-0.25, -0.2) is 12.4 Å². The van der Waals surface area contributed by atoms with E-state index in [0.717, 1.165) is 21.7 Å². The highest BCUT2D eigenvalue weighted by Gasteiger charge is 2.23. The van der Waals surface area contributed by atoms with Gasteiger partial charge in [0.25, 0.3) is 10.0 Å². The van der Waals surface area contributed by atoms with Crippen molar-refractivity contribution in [3.63, 3.8) is 0 Å². The molecule has 0 saturated heterocycles. The van der Waals surface area contributed by atoms with Crippen LogP contribution < -0.4 is 0 Å². The normalized spacial score (nSPS) is 11.6. The van der Waals surface area contributed by atoms with Gasteiger partial charge in [0.05, 0.1) is 22.0 Å². The number of nitriles is 1. The predicted molar refractivity (Wildman–Crippen MR) is 122 cm³/mol. The molecule has 0 aliphatic carbocycles. The topological polar surface area (TPSA) is 62.9 Å². The third-order valence-corrected chi connectivity index (χ3v) is 7.22. The number of hydrogen-bond donors (Lipinski definition) is 0. The second-order valence-corrected chi connectivity index (χ2v) is 9.25. The minimum Gasteiger partial charge on any atom is -0.238 e. The van der Waals surface area contributed by atoms with Crippen molar-refractivity contribution in [2.45, 2.75) is 11.3 Å². The Kier molecular flexibility index (Phi) is 4.58. The van der Waals surface area contributed by atoms with Crippen LogP contribution >= 0.6 is 0 Å².